The number of carbonyl (C=O) groups excluding carboxylic acids is 2. The summed E-state index contributed by atoms with van der Waals surface area (Å²) in [4.78, 5) is 29.8. The van der Waals surface area contributed by atoms with Crippen molar-refractivity contribution in [3.8, 4) is 17.0 Å². The van der Waals surface area contributed by atoms with E-state index in [9.17, 15) is 22.8 Å². The largest absolute Gasteiger partial charge is 0.573 e. The zero-order valence-corrected chi connectivity index (χ0v) is 22.5. The molecule has 0 aliphatic heterocycles. The first-order chi connectivity index (χ1) is 19.2. The predicted molar refractivity (Wildman–Crippen MR) is 147 cm³/mol. The molecule has 7 nitrogen and oxygen atoms in total. The molecule has 0 unspecified atom stereocenters. The number of thiazole rings is 1. The van der Waals surface area contributed by atoms with Crippen LogP contribution >= 0.6 is 22.9 Å². The fraction of sp³-hybridized carbons (Fsp3) is 0.179. The lowest BCUT2D eigenvalue weighted by Crippen LogP contribution is -2.40. The van der Waals surface area contributed by atoms with Crippen LogP contribution in [0.5, 0.6) is 5.75 Å². The Bertz CT molecular complexity index is 1500. The molecule has 0 saturated carbocycles. The lowest BCUT2D eigenvalue weighted by Gasteiger charge is -2.12. The number of nitrogens with zero attached hydrogens (tertiary/aromatic N) is 2. The Labute approximate surface area is 236 Å². The highest BCUT2D eigenvalue weighted by molar-refractivity contribution is 7.07. The third-order valence-corrected chi connectivity index (χ3v) is 6.75. The van der Waals surface area contributed by atoms with E-state index in [0.717, 1.165) is 11.3 Å². The Hall–Kier alpha value is -4.09. The van der Waals surface area contributed by atoms with E-state index in [-0.39, 0.29) is 12.3 Å². The van der Waals surface area contributed by atoms with Gasteiger partial charge >= 0.3 is 12.4 Å². The van der Waals surface area contributed by atoms with Crippen molar-refractivity contribution in [2.24, 2.45) is 4.99 Å². The van der Waals surface area contributed by atoms with Crippen LogP contribution in [0, 0.1) is 0 Å². The van der Waals surface area contributed by atoms with Gasteiger partial charge in [-0.15, -0.1) is 24.5 Å². The second-order valence-electron chi connectivity index (χ2n) is 8.50. The quantitative estimate of drug-likeness (QED) is 0.222. The summed E-state index contributed by atoms with van der Waals surface area (Å²) in [7, 11) is 0. The minimum Gasteiger partial charge on any atom is -0.406 e. The molecule has 4 rings (SSSR count). The second-order valence-corrected chi connectivity index (χ2v) is 9.77. The molecule has 1 aromatic heterocycles. The first-order valence-electron chi connectivity index (χ1n) is 12.1. The summed E-state index contributed by atoms with van der Waals surface area (Å²) in [5.41, 5.74) is 2.76. The molecule has 0 spiro atoms. The number of nitrogens with one attached hydrogen (secondary N) is 2. The number of rotatable bonds is 9. The van der Waals surface area contributed by atoms with Crippen molar-refractivity contribution in [3.63, 3.8) is 0 Å². The lowest BCUT2D eigenvalue weighted by atomic mass is 10.1. The molecule has 2 N–H and O–H groups in total. The number of amides is 3. The number of benzene rings is 3. The summed E-state index contributed by atoms with van der Waals surface area (Å²) in [6, 6.07) is 20.7. The van der Waals surface area contributed by atoms with E-state index in [4.69, 9.17) is 16.6 Å². The van der Waals surface area contributed by atoms with E-state index in [2.05, 4.69) is 15.4 Å². The van der Waals surface area contributed by atoms with Gasteiger partial charge in [-0.3, -0.25) is 15.1 Å². The minimum atomic E-state index is -4.78. The van der Waals surface area contributed by atoms with Gasteiger partial charge in [0.15, 0.2) is 4.80 Å². The third-order valence-electron chi connectivity index (χ3n) is 5.60. The molecule has 12 heteroatoms. The van der Waals surface area contributed by atoms with Crippen LogP contribution in [0.1, 0.15) is 22.3 Å². The number of carbonyl (C=O) groups is 2. The van der Waals surface area contributed by atoms with Gasteiger partial charge in [-0.2, -0.15) is 0 Å². The van der Waals surface area contributed by atoms with Crippen molar-refractivity contribution in [2.45, 2.75) is 25.9 Å². The van der Waals surface area contributed by atoms with Gasteiger partial charge in [0, 0.05) is 29.1 Å². The standard InChI is InChI=1S/C28H24ClF3N4O3S/c29-22-11-7-19(8-12-22)17-34-27-36(16-4-15-33-26(38)35-25(37)21-5-2-1-3-6-21)24(18-40-27)20-9-13-23(14-10-20)39-28(30,31)32/h1-3,5-14,18H,4,15-17H2,(H2,33,35,37,38)/b34-27-. The van der Waals surface area contributed by atoms with Crippen molar-refractivity contribution in [3.05, 3.63) is 105 Å². The molecular formula is C28H24ClF3N4O3S. The Morgan fingerprint density at radius 2 is 1.68 bits per heavy atom. The first kappa shape index (κ1) is 28.9. The van der Waals surface area contributed by atoms with Gasteiger partial charge in [0.05, 0.1) is 12.2 Å². The van der Waals surface area contributed by atoms with Crippen LogP contribution in [-0.2, 0) is 13.1 Å². The summed E-state index contributed by atoms with van der Waals surface area (Å²) in [5, 5.41) is 7.45. The molecule has 1 heterocycles. The number of hydrogen-bond donors (Lipinski definition) is 2. The smallest absolute Gasteiger partial charge is 0.406 e. The van der Waals surface area contributed by atoms with Gasteiger partial charge in [-0.1, -0.05) is 41.9 Å². The van der Waals surface area contributed by atoms with Gasteiger partial charge in [0.2, 0.25) is 0 Å². The minimum absolute atomic E-state index is 0.269. The van der Waals surface area contributed by atoms with Crippen LogP contribution < -0.4 is 20.2 Å². The molecule has 0 fully saturated rings. The van der Waals surface area contributed by atoms with Crippen LogP contribution in [0.3, 0.4) is 0 Å². The molecule has 0 bridgehead atoms. The third kappa shape index (κ3) is 8.45. The predicted octanol–water partition coefficient (Wildman–Crippen LogP) is 6.40. The summed E-state index contributed by atoms with van der Waals surface area (Å²) in [5.74, 6) is -0.820. The highest BCUT2D eigenvalue weighted by Crippen LogP contribution is 2.27. The summed E-state index contributed by atoms with van der Waals surface area (Å²) >= 11 is 7.36. The van der Waals surface area contributed by atoms with Gasteiger partial charge in [0.25, 0.3) is 5.91 Å². The van der Waals surface area contributed by atoms with E-state index in [1.807, 2.05) is 22.1 Å². The molecule has 0 aliphatic carbocycles. The highest BCUT2D eigenvalue weighted by Gasteiger charge is 2.31. The number of imide groups is 1. The van der Waals surface area contributed by atoms with Gasteiger partial charge in [-0.25, -0.2) is 4.79 Å². The Balaban J connectivity index is 1.46. The van der Waals surface area contributed by atoms with Crippen LogP contribution in [-0.4, -0.2) is 29.4 Å². The molecule has 4 aromatic rings. The fourth-order valence-electron chi connectivity index (χ4n) is 3.73. The van der Waals surface area contributed by atoms with Crippen molar-refractivity contribution in [1.29, 1.82) is 0 Å². The van der Waals surface area contributed by atoms with Crippen molar-refractivity contribution in [2.75, 3.05) is 6.54 Å². The molecule has 208 valence electrons. The van der Waals surface area contributed by atoms with Gasteiger partial charge in [0.1, 0.15) is 5.75 Å². The normalized spacial score (nSPS) is 11.8. The van der Waals surface area contributed by atoms with Crippen LogP contribution in [0.25, 0.3) is 11.3 Å². The monoisotopic (exact) mass is 588 g/mol. The van der Waals surface area contributed by atoms with Crippen LogP contribution in [0.15, 0.2) is 89.2 Å². The van der Waals surface area contributed by atoms with E-state index >= 15 is 0 Å². The molecule has 40 heavy (non-hydrogen) atoms. The summed E-state index contributed by atoms with van der Waals surface area (Å²) < 4.78 is 43.6. The molecular weight excluding hydrogens is 565 g/mol. The zero-order valence-electron chi connectivity index (χ0n) is 21.0. The Kier molecular flexibility index (Phi) is 9.62. The Morgan fingerprint density at radius 1 is 0.975 bits per heavy atom. The van der Waals surface area contributed by atoms with Gasteiger partial charge < -0.3 is 14.6 Å². The number of hydrogen-bond acceptors (Lipinski definition) is 5. The van der Waals surface area contributed by atoms with Crippen LogP contribution in [0.4, 0.5) is 18.0 Å². The molecule has 0 saturated heterocycles. The highest BCUT2D eigenvalue weighted by atomic mass is 35.5. The molecule has 3 amide bonds. The van der Waals surface area contributed by atoms with Gasteiger partial charge in [-0.05, 0) is 66.1 Å². The summed E-state index contributed by atoms with van der Waals surface area (Å²) in [6.45, 7) is 1.12. The van der Waals surface area contributed by atoms with E-state index < -0.39 is 18.3 Å². The maximum absolute atomic E-state index is 12.6. The molecule has 0 radical (unpaired) electrons. The SMILES string of the molecule is O=C(NCCCn1c(-c2ccc(OC(F)(F)F)cc2)cs/c1=N\Cc1ccc(Cl)cc1)NC(=O)c1ccccc1. The summed E-state index contributed by atoms with van der Waals surface area (Å²) in [6.07, 6.45) is -4.28. The Morgan fingerprint density at radius 3 is 2.35 bits per heavy atom. The average Bonchev–Trinajstić information content (AvgIpc) is 3.33. The number of urea groups is 1. The van der Waals surface area contributed by atoms with Crippen molar-refractivity contribution >= 4 is 34.9 Å². The van der Waals surface area contributed by atoms with E-state index in [1.54, 1.807) is 54.6 Å². The van der Waals surface area contributed by atoms with E-state index in [1.165, 1.54) is 23.5 Å². The zero-order chi connectivity index (χ0) is 28.5. The fourth-order valence-corrected chi connectivity index (χ4v) is 4.79. The molecule has 3 aromatic carbocycles. The number of halogens is 4. The number of ether oxygens (including phenoxy) is 1. The molecule has 0 aliphatic rings. The molecule has 0 atom stereocenters. The average molecular weight is 589 g/mol. The van der Waals surface area contributed by atoms with Crippen molar-refractivity contribution in [1.82, 2.24) is 15.2 Å². The lowest BCUT2D eigenvalue weighted by molar-refractivity contribution is -0.274. The maximum atomic E-state index is 12.6. The second kappa shape index (κ2) is 13.3. The van der Waals surface area contributed by atoms with Crippen LogP contribution in [0.2, 0.25) is 5.02 Å². The number of aromatic nitrogens is 1. The first-order valence-corrected chi connectivity index (χ1v) is 13.4. The number of alkyl halides is 3. The topological polar surface area (TPSA) is 84.7 Å². The van der Waals surface area contributed by atoms with Crippen molar-refractivity contribution < 1.29 is 27.5 Å². The van der Waals surface area contributed by atoms with E-state index in [0.29, 0.717) is 40.5 Å². The maximum Gasteiger partial charge on any atom is 0.573 e.